The fraction of sp³-hybridized carbons (Fsp3) is 0.250. The largest absolute Gasteiger partial charge is 0.311 e. The molecule has 0 aromatic heterocycles. The van der Waals surface area contributed by atoms with Crippen molar-refractivity contribution in [2.45, 2.75) is 63.7 Å². The number of nitrogens with zero attached hydrogens (tertiary/aromatic N) is 3. The number of hydrogen-bond donors (Lipinski definition) is 0. The molecule has 0 N–H and O–H groups in total. The Labute approximate surface area is 355 Å². The Morgan fingerprint density at radius 2 is 1.08 bits per heavy atom. The highest BCUT2D eigenvalue weighted by Gasteiger charge is 2.62. The highest BCUT2D eigenvalue weighted by atomic mass is 15.2. The smallest absolute Gasteiger partial charge is 0.252 e. The van der Waals surface area contributed by atoms with Crippen LogP contribution >= 0.6 is 0 Å². The van der Waals surface area contributed by atoms with Crippen LogP contribution in [0, 0.1) is 23.7 Å². The number of fused-ring (bicyclic) bond motifs is 6. The molecule has 0 saturated heterocycles. The summed E-state index contributed by atoms with van der Waals surface area (Å²) < 4.78 is 0. The number of hydrogen-bond acceptors (Lipinski definition) is 3. The Morgan fingerprint density at radius 3 is 1.75 bits per heavy atom. The van der Waals surface area contributed by atoms with Crippen LogP contribution in [0.3, 0.4) is 0 Å². The fourth-order valence-corrected chi connectivity index (χ4v) is 13.7. The molecule has 0 amide bonds. The third-order valence-corrected chi connectivity index (χ3v) is 15.7. The zero-order valence-electron chi connectivity index (χ0n) is 34.9. The SMILES string of the molecule is CC(C)(C)c1ccc(N2c3ccc(N(c4ccccc4)c4ccccc4)cc3B3c4cccc5c4N(c4ccccc4C54C5CC6CC(C5)CC4C6)c4cccc2c43)cc1. The predicted molar refractivity (Wildman–Crippen MR) is 252 cm³/mol. The lowest BCUT2D eigenvalue weighted by atomic mass is 9.32. The lowest BCUT2D eigenvalue weighted by Crippen LogP contribution is -2.64. The second kappa shape index (κ2) is 12.5. The van der Waals surface area contributed by atoms with Gasteiger partial charge in [-0.3, -0.25) is 0 Å². The van der Waals surface area contributed by atoms with E-state index >= 15 is 0 Å². The van der Waals surface area contributed by atoms with Gasteiger partial charge in [-0.1, -0.05) is 112 Å². The van der Waals surface area contributed by atoms with Gasteiger partial charge in [0.15, 0.2) is 0 Å². The van der Waals surface area contributed by atoms with Crippen LogP contribution in [0.2, 0.25) is 0 Å². The minimum absolute atomic E-state index is 0.0541. The summed E-state index contributed by atoms with van der Waals surface area (Å²) in [6.45, 7) is 6.98. The van der Waals surface area contributed by atoms with E-state index in [-0.39, 0.29) is 17.5 Å². The molecule has 3 aliphatic heterocycles. The van der Waals surface area contributed by atoms with Gasteiger partial charge in [-0.25, -0.2) is 0 Å². The van der Waals surface area contributed by atoms with Crippen molar-refractivity contribution in [3.05, 3.63) is 180 Å². The molecule has 4 fully saturated rings. The number of rotatable bonds is 4. The van der Waals surface area contributed by atoms with E-state index in [1.165, 1.54) is 93.9 Å². The minimum atomic E-state index is 0.0541. The molecule has 4 bridgehead atoms. The molecule has 0 radical (unpaired) electrons. The topological polar surface area (TPSA) is 9.72 Å². The van der Waals surface area contributed by atoms with Gasteiger partial charge >= 0.3 is 0 Å². The van der Waals surface area contributed by atoms with Crippen molar-refractivity contribution in [1.82, 2.24) is 0 Å². The summed E-state index contributed by atoms with van der Waals surface area (Å²) in [5, 5.41) is 0. The highest BCUT2D eigenvalue weighted by Crippen LogP contribution is 2.69. The first-order chi connectivity index (χ1) is 29.4. The van der Waals surface area contributed by atoms with Crippen LogP contribution in [0.5, 0.6) is 0 Å². The molecule has 7 aromatic carbocycles. The molecule has 3 heterocycles. The molecule has 1 spiro atoms. The lowest BCUT2D eigenvalue weighted by molar-refractivity contribution is -0.0419. The molecule has 4 heteroatoms. The Morgan fingerprint density at radius 1 is 0.500 bits per heavy atom. The normalized spacial score (nSPS) is 23.6. The van der Waals surface area contributed by atoms with E-state index in [2.05, 4.69) is 199 Å². The molecule has 14 rings (SSSR count). The highest BCUT2D eigenvalue weighted by molar-refractivity contribution is 7.00. The molecule has 0 atom stereocenters. The van der Waals surface area contributed by atoms with Gasteiger partial charge in [-0.05, 0) is 167 Å². The van der Waals surface area contributed by atoms with Gasteiger partial charge in [0.1, 0.15) is 0 Å². The van der Waals surface area contributed by atoms with Gasteiger partial charge in [0.05, 0.1) is 5.69 Å². The second-order valence-electron chi connectivity index (χ2n) is 19.8. The van der Waals surface area contributed by atoms with E-state index in [0.29, 0.717) is 11.8 Å². The summed E-state index contributed by atoms with van der Waals surface area (Å²) in [4.78, 5) is 7.70. The Balaban J connectivity index is 1.09. The van der Waals surface area contributed by atoms with Crippen molar-refractivity contribution in [2.75, 3.05) is 14.7 Å². The molecule has 292 valence electrons. The van der Waals surface area contributed by atoms with Gasteiger partial charge in [-0.15, -0.1) is 0 Å². The first-order valence-corrected chi connectivity index (χ1v) is 22.5. The fourth-order valence-electron chi connectivity index (χ4n) is 13.7. The van der Waals surface area contributed by atoms with E-state index in [1.807, 2.05) is 0 Å². The lowest BCUT2D eigenvalue weighted by Gasteiger charge is -2.64. The van der Waals surface area contributed by atoms with Crippen molar-refractivity contribution in [3.8, 4) is 0 Å². The summed E-state index contributed by atoms with van der Waals surface area (Å²) >= 11 is 0. The molecule has 4 saturated carbocycles. The summed E-state index contributed by atoms with van der Waals surface area (Å²) in [7, 11) is 0. The molecule has 60 heavy (non-hydrogen) atoms. The third kappa shape index (κ3) is 4.68. The Kier molecular flexibility index (Phi) is 7.27. The van der Waals surface area contributed by atoms with Crippen molar-refractivity contribution in [1.29, 1.82) is 0 Å². The van der Waals surface area contributed by atoms with Crippen molar-refractivity contribution < 1.29 is 0 Å². The standard InChI is InChI=1S/C56H50BN3/c1-55(2,3)38-24-26-43(27-25-38)59-50-29-28-44(58(41-14-6-4-7-15-41)42-16-8-5-9-17-42)35-48(50)57-47-20-12-19-46-54(47)60(52-23-13-22-51(59)53(52)57)49-21-11-10-18-45(49)56(46)39-31-36-30-37(33-39)34-40(56)32-36/h4-29,35-37,39-40H,30-34H2,1-3H3. The van der Waals surface area contributed by atoms with Crippen LogP contribution in [0.15, 0.2) is 164 Å². The first-order valence-electron chi connectivity index (χ1n) is 22.5. The van der Waals surface area contributed by atoms with Gasteiger partial charge in [-0.2, -0.15) is 0 Å². The van der Waals surface area contributed by atoms with Crippen LogP contribution in [0.25, 0.3) is 0 Å². The van der Waals surface area contributed by atoms with E-state index in [0.717, 1.165) is 23.2 Å². The van der Waals surface area contributed by atoms with Crippen molar-refractivity contribution in [3.63, 3.8) is 0 Å². The molecule has 4 aliphatic carbocycles. The molecule has 7 aromatic rings. The van der Waals surface area contributed by atoms with E-state index in [9.17, 15) is 0 Å². The van der Waals surface area contributed by atoms with Crippen LogP contribution in [-0.4, -0.2) is 6.71 Å². The number of para-hydroxylation sites is 4. The van der Waals surface area contributed by atoms with E-state index < -0.39 is 0 Å². The summed E-state index contributed by atoms with van der Waals surface area (Å²) in [5.41, 5.74) is 20.2. The van der Waals surface area contributed by atoms with Crippen LogP contribution in [0.1, 0.15) is 69.6 Å². The van der Waals surface area contributed by atoms with Gasteiger partial charge in [0.2, 0.25) is 0 Å². The van der Waals surface area contributed by atoms with Crippen molar-refractivity contribution >= 4 is 74.3 Å². The molecular formula is C56H50BN3. The maximum absolute atomic E-state index is 2.71. The average molecular weight is 776 g/mol. The van der Waals surface area contributed by atoms with Gasteiger partial charge < -0.3 is 14.7 Å². The van der Waals surface area contributed by atoms with Crippen molar-refractivity contribution in [2.24, 2.45) is 23.7 Å². The van der Waals surface area contributed by atoms with Crippen LogP contribution in [-0.2, 0) is 10.8 Å². The average Bonchev–Trinajstić information content (AvgIpc) is 3.27. The summed E-state index contributed by atoms with van der Waals surface area (Å²) in [5.74, 6) is 3.18. The Bertz CT molecular complexity index is 2770. The van der Waals surface area contributed by atoms with Crippen LogP contribution < -0.4 is 31.1 Å². The molecule has 7 aliphatic rings. The monoisotopic (exact) mass is 775 g/mol. The Hall–Kier alpha value is -6.00. The third-order valence-electron chi connectivity index (χ3n) is 15.7. The summed E-state index contributed by atoms with van der Waals surface area (Å²) in [6, 6.07) is 62.6. The van der Waals surface area contributed by atoms with E-state index in [1.54, 1.807) is 11.1 Å². The van der Waals surface area contributed by atoms with Crippen LogP contribution in [0.4, 0.5) is 51.2 Å². The quantitative estimate of drug-likeness (QED) is 0.165. The molecule has 3 nitrogen and oxygen atoms in total. The summed E-state index contributed by atoms with van der Waals surface area (Å²) in [6.07, 6.45) is 6.95. The number of anilines is 9. The van der Waals surface area contributed by atoms with E-state index in [4.69, 9.17) is 0 Å². The predicted octanol–water partition coefficient (Wildman–Crippen LogP) is 12.6. The molecular weight excluding hydrogens is 725 g/mol. The number of benzene rings is 7. The first kappa shape index (κ1) is 34.8. The molecule has 0 unspecified atom stereocenters. The minimum Gasteiger partial charge on any atom is -0.311 e. The maximum Gasteiger partial charge on any atom is 0.252 e. The maximum atomic E-state index is 2.71. The zero-order valence-corrected chi connectivity index (χ0v) is 34.9. The van der Waals surface area contributed by atoms with Gasteiger partial charge in [0.25, 0.3) is 6.71 Å². The zero-order chi connectivity index (χ0) is 39.9. The van der Waals surface area contributed by atoms with Gasteiger partial charge in [0, 0.05) is 50.9 Å². The second-order valence-corrected chi connectivity index (χ2v) is 19.8.